The number of hydrogen-bond acceptors (Lipinski definition) is 5. The summed E-state index contributed by atoms with van der Waals surface area (Å²) < 4.78 is 10.1. The molecule has 1 unspecified atom stereocenters. The smallest absolute Gasteiger partial charge is 0.308 e. The zero-order valence-corrected chi connectivity index (χ0v) is 10.5. The highest BCUT2D eigenvalue weighted by molar-refractivity contribution is 5.97. The van der Waals surface area contributed by atoms with E-state index in [2.05, 4.69) is 0 Å². The minimum Gasteiger partial charge on any atom is -0.495 e. The molecule has 1 fully saturated rings. The number of cyclic esters (lactones) is 1. The molecule has 0 saturated carbocycles. The van der Waals surface area contributed by atoms with Gasteiger partial charge in [0.1, 0.15) is 19.0 Å². The number of carbonyl (C=O) groups excluding carboxylic acids is 2. The number of nitrogens with zero attached hydrogens (tertiary/aromatic N) is 1. The molecule has 0 aromatic heterocycles. The van der Waals surface area contributed by atoms with Gasteiger partial charge in [0, 0.05) is 0 Å². The lowest BCUT2D eigenvalue weighted by Crippen LogP contribution is -2.42. The minimum absolute atomic E-state index is 0.115. The summed E-state index contributed by atoms with van der Waals surface area (Å²) >= 11 is 0. The summed E-state index contributed by atoms with van der Waals surface area (Å²) in [4.78, 5) is 24.5. The fraction of sp³-hybridized carbons (Fsp3) is 0.385. The van der Waals surface area contributed by atoms with E-state index in [0.29, 0.717) is 11.4 Å². The highest BCUT2D eigenvalue weighted by Crippen LogP contribution is 2.31. The highest BCUT2D eigenvalue weighted by atomic mass is 16.5. The number of ether oxygens (including phenoxy) is 2. The summed E-state index contributed by atoms with van der Waals surface area (Å²) in [7, 11) is 1.50. The van der Waals surface area contributed by atoms with Crippen molar-refractivity contribution >= 4 is 17.6 Å². The van der Waals surface area contributed by atoms with Crippen molar-refractivity contribution in [3.8, 4) is 5.75 Å². The molecule has 1 aromatic rings. The van der Waals surface area contributed by atoms with Crippen molar-refractivity contribution in [1.82, 2.24) is 0 Å². The van der Waals surface area contributed by atoms with Gasteiger partial charge in [0.25, 0.3) is 5.91 Å². The Balaban J connectivity index is 2.37. The third-order valence-corrected chi connectivity index (χ3v) is 2.95. The van der Waals surface area contributed by atoms with Crippen LogP contribution < -0.4 is 9.64 Å². The zero-order valence-electron chi connectivity index (χ0n) is 10.5. The molecule has 1 heterocycles. The van der Waals surface area contributed by atoms with Gasteiger partial charge in [-0.05, 0) is 12.1 Å². The van der Waals surface area contributed by atoms with E-state index < -0.39 is 18.6 Å². The molecule has 1 atom stereocenters. The van der Waals surface area contributed by atoms with E-state index in [0.717, 1.165) is 0 Å². The fourth-order valence-corrected chi connectivity index (χ4v) is 2.10. The van der Waals surface area contributed by atoms with Crippen molar-refractivity contribution < 1.29 is 24.2 Å². The summed E-state index contributed by atoms with van der Waals surface area (Å²) in [5, 5.41) is 9.10. The topological polar surface area (TPSA) is 76.1 Å². The molecule has 0 aliphatic carbocycles. The average molecular weight is 265 g/mol. The number of aliphatic hydroxyl groups is 1. The number of methoxy groups -OCH3 is 1. The lowest BCUT2D eigenvalue weighted by atomic mass is 10.1. The van der Waals surface area contributed by atoms with Crippen LogP contribution in [0.5, 0.6) is 5.75 Å². The fourth-order valence-electron chi connectivity index (χ4n) is 2.10. The molecule has 1 aromatic carbocycles. The van der Waals surface area contributed by atoms with E-state index in [4.69, 9.17) is 14.6 Å². The molecule has 6 nitrogen and oxygen atoms in total. The number of anilines is 1. The standard InChI is InChI=1S/C13H15NO5/c1-18-11-5-3-2-4-10(11)14(12(16)7-15)9-6-13(17)19-8-9/h2-5,9,15H,6-8H2,1H3. The third kappa shape index (κ3) is 2.68. The Kier molecular flexibility index (Phi) is 4.01. The molecule has 1 amide bonds. The maximum atomic E-state index is 11.9. The molecule has 19 heavy (non-hydrogen) atoms. The summed E-state index contributed by atoms with van der Waals surface area (Å²) in [5.41, 5.74) is 0.521. The summed E-state index contributed by atoms with van der Waals surface area (Å²) in [5.74, 6) is -0.341. The third-order valence-electron chi connectivity index (χ3n) is 2.95. The number of amides is 1. The van der Waals surface area contributed by atoms with Gasteiger partial charge in [0.05, 0.1) is 25.3 Å². The number of aliphatic hydroxyl groups excluding tert-OH is 1. The predicted octanol–water partition coefficient (Wildman–Crippen LogP) is 0.336. The number of esters is 1. The van der Waals surface area contributed by atoms with Crippen LogP contribution in [0.2, 0.25) is 0 Å². The van der Waals surface area contributed by atoms with Crippen LogP contribution in [0.3, 0.4) is 0 Å². The van der Waals surface area contributed by atoms with Crippen molar-refractivity contribution in [2.45, 2.75) is 12.5 Å². The average Bonchev–Trinajstić information content (AvgIpc) is 2.85. The van der Waals surface area contributed by atoms with Gasteiger partial charge in [0.15, 0.2) is 0 Å². The van der Waals surface area contributed by atoms with E-state index in [1.165, 1.54) is 12.0 Å². The molecule has 1 aliphatic heterocycles. The molecular weight excluding hydrogens is 250 g/mol. The second-order valence-corrected chi connectivity index (χ2v) is 4.13. The molecule has 1 N–H and O–H groups in total. The van der Waals surface area contributed by atoms with Crippen LogP contribution in [0.4, 0.5) is 5.69 Å². The van der Waals surface area contributed by atoms with Gasteiger partial charge in [-0.3, -0.25) is 14.5 Å². The molecule has 1 aliphatic rings. The van der Waals surface area contributed by atoms with Crippen LogP contribution in [0.1, 0.15) is 6.42 Å². The Morgan fingerprint density at radius 2 is 2.26 bits per heavy atom. The van der Waals surface area contributed by atoms with E-state index in [1.54, 1.807) is 24.3 Å². The largest absolute Gasteiger partial charge is 0.495 e. The number of hydrogen-bond donors (Lipinski definition) is 1. The van der Waals surface area contributed by atoms with Crippen LogP contribution in [0.25, 0.3) is 0 Å². The number of para-hydroxylation sites is 2. The number of benzene rings is 1. The molecular formula is C13H15NO5. The Morgan fingerprint density at radius 3 is 2.84 bits per heavy atom. The van der Waals surface area contributed by atoms with Crippen molar-refractivity contribution in [2.24, 2.45) is 0 Å². The van der Waals surface area contributed by atoms with Gasteiger partial charge >= 0.3 is 5.97 Å². The number of rotatable bonds is 4. The van der Waals surface area contributed by atoms with Gasteiger partial charge in [0.2, 0.25) is 0 Å². The van der Waals surface area contributed by atoms with Crippen molar-refractivity contribution in [3.05, 3.63) is 24.3 Å². The van der Waals surface area contributed by atoms with Gasteiger partial charge in [-0.25, -0.2) is 0 Å². The van der Waals surface area contributed by atoms with Gasteiger partial charge in [-0.2, -0.15) is 0 Å². The first-order valence-electron chi connectivity index (χ1n) is 5.89. The Labute approximate surface area is 110 Å². The first-order chi connectivity index (χ1) is 9.17. The quantitative estimate of drug-likeness (QED) is 0.794. The zero-order chi connectivity index (χ0) is 13.8. The SMILES string of the molecule is COc1ccccc1N(C(=O)CO)C1COC(=O)C1. The second kappa shape index (κ2) is 5.71. The maximum Gasteiger partial charge on any atom is 0.308 e. The monoisotopic (exact) mass is 265 g/mol. The van der Waals surface area contributed by atoms with E-state index in [1.807, 2.05) is 0 Å². The molecule has 0 bridgehead atoms. The molecule has 0 spiro atoms. The molecule has 102 valence electrons. The summed E-state index contributed by atoms with van der Waals surface area (Å²) in [6.45, 7) is -0.509. The molecule has 6 heteroatoms. The summed E-state index contributed by atoms with van der Waals surface area (Å²) in [6, 6.07) is 6.54. The minimum atomic E-state index is -0.636. The van der Waals surface area contributed by atoms with Crippen LogP contribution in [-0.2, 0) is 14.3 Å². The van der Waals surface area contributed by atoms with E-state index in [9.17, 15) is 9.59 Å². The van der Waals surface area contributed by atoms with Gasteiger partial charge in [-0.1, -0.05) is 12.1 Å². The number of carbonyl (C=O) groups is 2. The van der Waals surface area contributed by atoms with Crippen molar-refractivity contribution in [2.75, 3.05) is 25.2 Å². The van der Waals surface area contributed by atoms with E-state index in [-0.39, 0.29) is 19.0 Å². The predicted molar refractivity (Wildman–Crippen MR) is 66.9 cm³/mol. The van der Waals surface area contributed by atoms with Gasteiger partial charge in [-0.15, -0.1) is 0 Å². The van der Waals surface area contributed by atoms with Gasteiger partial charge < -0.3 is 14.6 Å². The molecule has 0 radical (unpaired) electrons. The molecule has 2 rings (SSSR count). The van der Waals surface area contributed by atoms with Crippen LogP contribution in [0.15, 0.2) is 24.3 Å². The van der Waals surface area contributed by atoms with Crippen molar-refractivity contribution in [3.63, 3.8) is 0 Å². The first-order valence-corrected chi connectivity index (χ1v) is 5.89. The highest BCUT2D eigenvalue weighted by Gasteiger charge is 2.34. The van der Waals surface area contributed by atoms with Crippen LogP contribution in [-0.4, -0.2) is 43.3 Å². The lowest BCUT2D eigenvalue weighted by molar-refractivity contribution is -0.138. The van der Waals surface area contributed by atoms with E-state index >= 15 is 0 Å². The normalized spacial score (nSPS) is 18.0. The Bertz CT molecular complexity index is 488. The van der Waals surface area contributed by atoms with Crippen LogP contribution >= 0.6 is 0 Å². The maximum absolute atomic E-state index is 11.9. The summed E-state index contributed by atoms with van der Waals surface area (Å²) in [6.07, 6.45) is 0.115. The Morgan fingerprint density at radius 1 is 1.53 bits per heavy atom. The Hall–Kier alpha value is -2.08. The molecule has 1 saturated heterocycles. The first kappa shape index (κ1) is 13.4. The van der Waals surface area contributed by atoms with Crippen LogP contribution in [0, 0.1) is 0 Å². The second-order valence-electron chi connectivity index (χ2n) is 4.13. The van der Waals surface area contributed by atoms with Crippen molar-refractivity contribution in [1.29, 1.82) is 0 Å². The lowest BCUT2D eigenvalue weighted by Gasteiger charge is -2.28.